The van der Waals surface area contributed by atoms with E-state index in [1.54, 1.807) is 0 Å². The van der Waals surface area contributed by atoms with E-state index in [0.29, 0.717) is 18.3 Å². The van der Waals surface area contributed by atoms with Crippen LogP contribution in [-0.4, -0.2) is 56.5 Å². The molecule has 2 rings (SSSR count). The van der Waals surface area contributed by atoms with Gasteiger partial charge in [-0.3, -0.25) is 0 Å². The van der Waals surface area contributed by atoms with Gasteiger partial charge in [-0.15, -0.1) is 0 Å². The third kappa shape index (κ3) is 4.72. The van der Waals surface area contributed by atoms with Crippen LogP contribution in [0.4, 0.5) is 0 Å². The molecule has 2 heterocycles. The average Bonchev–Trinajstić information content (AvgIpc) is 2.38. The van der Waals surface area contributed by atoms with Crippen LogP contribution in [0.1, 0.15) is 45.4 Å². The fourth-order valence-electron chi connectivity index (χ4n) is 3.18. The lowest BCUT2D eigenvalue weighted by molar-refractivity contribution is 0.209. The van der Waals surface area contributed by atoms with Crippen LogP contribution < -0.4 is 5.32 Å². The first-order chi connectivity index (χ1) is 9.08. The Morgan fingerprint density at radius 1 is 1.16 bits per heavy atom. The summed E-state index contributed by atoms with van der Waals surface area (Å²) in [6.07, 6.45) is 6.73. The number of sulfone groups is 1. The number of piperidine rings is 1. The van der Waals surface area contributed by atoms with Gasteiger partial charge < -0.3 is 10.2 Å². The fraction of sp³-hybridized carbons (Fsp3) is 1.00. The first-order valence-electron chi connectivity index (χ1n) is 7.75. The van der Waals surface area contributed by atoms with Gasteiger partial charge in [-0.05, 0) is 45.7 Å². The second-order valence-corrected chi connectivity index (χ2v) is 8.56. The molecule has 2 aliphatic rings. The molecule has 2 saturated heterocycles. The summed E-state index contributed by atoms with van der Waals surface area (Å²) >= 11 is 0. The Kier molecular flexibility index (Phi) is 5.66. The van der Waals surface area contributed by atoms with Gasteiger partial charge in [-0.25, -0.2) is 8.42 Å². The highest BCUT2D eigenvalue weighted by Crippen LogP contribution is 2.19. The maximum absolute atomic E-state index is 11.9. The van der Waals surface area contributed by atoms with Crippen molar-refractivity contribution < 1.29 is 8.42 Å². The van der Waals surface area contributed by atoms with Gasteiger partial charge in [0.25, 0.3) is 0 Å². The molecule has 0 radical (unpaired) electrons. The van der Waals surface area contributed by atoms with Crippen molar-refractivity contribution in [1.29, 1.82) is 0 Å². The quantitative estimate of drug-likeness (QED) is 0.831. The lowest BCUT2D eigenvalue weighted by atomic mass is 10.1. The zero-order valence-electron chi connectivity index (χ0n) is 12.1. The molecule has 112 valence electrons. The lowest BCUT2D eigenvalue weighted by Gasteiger charge is -2.30. The second kappa shape index (κ2) is 7.04. The van der Waals surface area contributed by atoms with E-state index >= 15 is 0 Å². The molecular formula is C14H28N2O2S. The third-order valence-corrected chi connectivity index (χ3v) is 6.66. The van der Waals surface area contributed by atoms with Gasteiger partial charge >= 0.3 is 0 Å². The smallest absolute Gasteiger partial charge is 0.154 e. The van der Waals surface area contributed by atoms with Crippen molar-refractivity contribution in [2.45, 2.75) is 56.7 Å². The highest BCUT2D eigenvalue weighted by atomic mass is 32.2. The molecule has 4 nitrogen and oxygen atoms in total. The molecule has 0 amide bonds. The largest absolute Gasteiger partial charge is 0.312 e. The predicted octanol–water partition coefficient (Wildman–Crippen LogP) is 1.42. The van der Waals surface area contributed by atoms with Crippen LogP contribution in [0.2, 0.25) is 0 Å². The van der Waals surface area contributed by atoms with Crippen molar-refractivity contribution in [2.75, 3.05) is 31.9 Å². The van der Waals surface area contributed by atoms with Crippen LogP contribution >= 0.6 is 0 Å². The summed E-state index contributed by atoms with van der Waals surface area (Å²) < 4.78 is 23.9. The SMILES string of the molecule is CC(CN1CCCCC1)NCC1CCCCS1(=O)=O. The Bertz CT molecular complexity index is 364. The molecule has 0 spiro atoms. The van der Waals surface area contributed by atoms with Crippen molar-refractivity contribution in [1.82, 2.24) is 10.2 Å². The van der Waals surface area contributed by atoms with Crippen LogP contribution in [0.5, 0.6) is 0 Å². The van der Waals surface area contributed by atoms with E-state index in [4.69, 9.17) is 0 Å². The first-order valence-corrected chi connectivity index (χ1v) is 9.47. The summed E-state index contributed by atoms with van der Waals surface area (Å²) in [5.41, 5.74) is 0. The number of hydrogen-bond acceptors (Lipinski definition) is 4. The van der Waals surface area contributed by atoms with Crippen LogP contribution in [0, 0.1) is 0 Å². The Morgan fingerprint density at radius 3 is 2.58 bits per heavy atom. The standard InChI is InChI=1S/C14H28N2O2S/c1-13(12-16-8-4-2-5-9-16)15-11-14-7-3-6-10-19(14,17)18/h13-15H,2-12H2,1H3. The Labute approximate surface area is 117 Å². The topological polar surface area (TPSA) is 49.4 Å². The summed E-state index contributed by atoms with van der Waals surface area (Å²) in [6.45, 7) is 6.26. The monoisotopic (exact) mass is 288 g/mol. The normalized spacial score (nSPS) is 30.1. The summed E-state index contributed by atoms with van der Waals surface area (Å²) in [7, 11) is -2.83. The van der Waals surface area contributed by atoms with E-state index in [2.05, 4.69) is 17.1 Å². The molecule has 0 saturated carbocycles. The molecule has 2 unspecified atom stereocenters. The Morgan fingerprint density at radius 2 is 1.89 bits per heavy atom. The fourth-order valence-corrected chi connectivity index (χ4v) is 4.99. The molecule has 2 aliphatic heterocycles. The number of likely N-dealkylation sites (tertiary alicyclic amines) is 1. The Hall–Kier alpha value is -0.130. The average molecular weight is 288 g/mol. The molecule has 5 heteroatoms. The van der Waals surface area contributed by atoms with E-state index in [1.165, 1.54) is 32.4 Å². The van der Waals surface area contributed by atoms with Gasteiger partial charge in [0.2, 0.25) is 0 Å². The third-order valence-electron chi connectivity index (χ3n) is 4.39. The van der Waals surface area contributed by atoms with Crippen molar-refractivity contribution in [3.8, 4) is 0 Å². The second-order valence-electron chi connectivity index (χ2n) is 6.16. The zero-order chi connectivity index (χ0) is 13.7. The van der Waals surface area contributed by atoms with Gasteiger partial charge in [-0.2, -0.15) is 0 Å². The van der Waals surface area contributed by atoms with E-state index < -0.39 is 9.84 Å². The predicted molar refractivity (Wildman–Crippen MR) is 79.2 cm³/mol. The van der Waals surface area contributed by atoms with Gasteiger partial charge in [0.1, 0.15) is 0 Å². The molecule has 0 aromatic heterocycles. The minimum Gasteiger partial charge on any atom is -0.312 e. The highest BCUT2D eigenvalue weighted by molar-refractivity contribution is 7.92. The van der Waals surface area contributed by atoms with Crippen LogP contribution in [0.25, 0.3) is 0 Å². The van der Waals surface area contributed by atoms with E-state index in [1.807, 2.05) is 0 Å². The molecular weight excluding hydrogens is 260 g/mol. The van der Waals surface area contributed by atoms with E-state index in [0.717, 1.165) is 25.8 Å². The van der Waals surface area contributed by atoms with Crippen LogP contribution in [0.3, 0.4) is 0 Å². The maximum atomic E-state index is 11.9. The Balaban J connectivity index is 1.71. The molecule has 19 heavy (non-hydrogen) atoms. The molecule has 1 N–H and O–H groups in total. The maximum Gasteiger partial charge on any atom is 0.154 e. The number of rotatable bonds is 5. The number of nitrogens with one attached hydrogen (secondary N) is 1. The van der Waals surface area contributed by atoms with Crippen LogP contribution in [-0.2, 0) is 9.84 Å². The van der Waals surface area contributed by atoms with Crippen LogP contribution in [0.15, 0.2) is 0 Å². The van der Waals surface area contributed by atoms with E-state index in [9.17, 15) is 8.42 Å². The molecule has 0 aromatic rings. The molecule has 0 aliphatic carbocycles. The van der Waals surface area contributed by atoms with Gasteiger partial charge in [0, 0.05) is 19.1 Å². The summed E-state index contributed by atoms with van der Waals surface area (Å²) in [4.78, 5) is 2.50. The van der Waals surface area contributed by atoms with Crippen molar-refractivity contribution in [2.24, 2.45) is 0 Å². The molecule has 0 aromatic carbocycles. The minimum absolute atomic E-state index is 0.148. The molecule has 0 bridgehead atoms. The summed E-state index contributed by atoms with van der Waals surface area (Å²) in [5, 5.41) is 3.29. The first kappa shape index (κ1) is 15.3. The summed E-state index contributed by atoms with van der Waals surface area (Å²) in [6, 6.07) is 0.384. The number of nitrogens with zero attached hydrogens (tertiary/aromatic N) is 1. The zero-order valence-corrected chi connectivity index (χ0v) is 12.9. The molecule has 2 fully saturated rings. The number of hydrogen-bond donors (Lipinski definition) is 1. The highest BCUT2D eigenvalue weighted by Gasteiger charge is 2.28. The van der Waals surface area contributed by atoms with Crippen molar-refractivity contribution >= 4 is 9.84 Å². The van der Waals surface area contributed by atoms with E-state index in [-0.39, 0.29) is 5.25 Å². The molecule has 2 atom stereocenters. The minimum atomic E-state index is -2.83. The van der Waals surface area contributed by atoms with Gasteiger partial charge in [0.15, 0.2) is 9.84 Å². The van der Waals surface area contributed by atoms with Crippen molar-refractivity contribution in [3.63, 3.8) is 0 Å². The summed E-state index contributed by atoms with van der Waals surface area (Å²) in [5.74, 6) is 0.389. The van der Waals surface area contributed by atoms with Gasteiger partial charge in [0.05, 0.1) is 11.0 Å². The van der Waals surface area contributed by atoms with Gasteiger partial charge in [-0.1, -0.05) is 12.8 Å². The van der Waals surface area contributed by atoms with Crippen molar-refractivity contribution in [3.05, 3.63) is 0 Å². The lowest BCUT2D eigenvalue weighted by Crippen LogP contribution is -2.45.